The Morgan fingerprint density at radius 1 is 0.585 bits per heavy atom. The van der Waals surface area contributed by atoms with E-state index in [-0.39, 0.29) is 5.75 Å². The number of nitrogens with zero attached hydrogens (tertiary/aromatic N) is 2. The lowest BCUT2D eigenvalue weighted by Gasteiger charge is -2.14. The van der Waals surface area contributed by atoms with Crippen molar-refractivity contribution in [2.45, 2.75) is 6.42 Å². The molecule has 0 fully saturated rings. The lowest BCUT2D eigenvalue weighted by molar-refractivity contribution is 0.474. The summed E-state index contributed by atoms with van der Waals surface area (Å²) in [5, 5.41) is 10.4. The number of aromatic nitrogens is 2. The Balaban J connectivity index is 1.39. The Morgan fingerprint density at radius 2 is 1.34 bits per heavy atom. The van der Waals surface area contributed by atoms with Gasteiger partial charge in [-0.2, -0.15) is 0 Å². The van der Waals surface area contributed by atoms with Gasteiger partial charge in [-0.05, 0) is 70.6 Å². The van der Waals surface area contributed by atoms with Crippen molar-refractivity contribution in [2.24, 2.45) is 0 Å². The summed E-state index contributed by atoms with van der Waals surface area (Å²) in [6, 6.07) is 44.6. The van der Waals surface area contributed by atoms with Crippen molar-refractivity contribution in [1.29, 1.82) is 0 Å². The molecule has 0 atom stereocenters. The van der Waals surface area contributed by atoms with E-state index in [1.165, 1.54) is 11.1 Å². The van der Waals surface area contributed by atoms with Gasteiger partial charge in [-0.15, -0.1) is 0 Å². The normalized spacial score (nSPS) is 11.1. The highest BCUT2D eigenvalue weighted by atomic mass is 16.3. The highest BCUT2D eigenvalue weighted by Crippen LogP contribution is 2.38. The van der Waals surface area contributed by atoms with Crippen molar-refractivity contribution in [3.63, 3.8) is 0 Å². The van der Waals surface area contributed by atoms with Gasteiger partial charge in [0.2, 0.25) is 5.89 Å². The summed E-state index contributed by atoms with van der Waals surface area (Å²) in [4.78, 5) is 9.62. The molecule has 7 aromatic rings. The van der Waals surface area contributed by atoms with Gasteiger partial charge in [0.1, 0.15) is 11.3 Å². The van der Waals surface area contributed by atoms with Crippen LogP contribution in [0.1, 0.15) is 11.1 Å². The van der Waals surface area contributed by atoms with Gasteiger partial charge >= 0.3 is 0 Å². The Morgan fingerprint density at radius 3 is 2.17 bits per heavy atom. The predicted molar refractivity (Wildman–Crippen MR) is 164 cm³/mol. The fraction of sp³-hybridized carbons (Fsp3) is 0.0270. The fourth-order valence-corrected chi connectivity index (χ4v) is 5.29. The molecular weight excluding hydrogens is 504 g/mol. The van der Waals surface area contributed by atoms with Gasteiger partial charge in [0.25, 0.3) is 0 Å². The Labute approximate surface area is 238 Å². The van der Waals surface area contributed by atoms with Crippen molar-refractivity contribution < 1.29 is 9.52 Å². The number of pyridine rings is 1. The van der Waals surface area contributed by atoms with E-state index in [0.29, 0.717) is 17.0 Å². The summed E-state index contributed by atoms with van der Waals surface area (Å²) in [6.07, 6.45) is 2.64. The molecule has 0 aliphatic heterocycles. The lowest BCUT2D eigenvalue weighted by atomic mass is 9.91. The van der Waals surface area contributed by atoms with Gasteiger partial charge in [-0.25, -0.2) is 4.98 Å². The van der Waals surface area contributed by atoms with Crippen LogP contribution >= 0.6 is 0 Å². The van der Waals surface area contributed by atoms with Crippen LogP contribution in [0.4, 0.5) is 0 Å². The average molecular weight is 531 g/mol. The standard InChI is InChI=1S/C37H26N2O2/c40-34-16-8-7-14-31(34)37-39-36-30(15-9-17-35(36)41-37)32-23-29(19-18-28(32)22-25-10-3-1-4-11-25)33-24-27(20-21-38-33)26-12-5-2-6-13-26/h1-21,23-24,40H,22H2. The second-order valence-corrected chi connectivity index (χ2v) is 10.0. The van der Waals surface area contributed by atoms with E-state index in [0.717, 1.165) is 45.4 Å². The van der Waals surface area contributed by atoms with E-state index in [4.69, 9.17) is 14.4 Å². The van der Waals surface area contributed by atoms with Crippen LogP contribution in [-0.4, -0.2) is 15.1 Å². The number of rotatable bonds is 6. The molecule has 0 amide bonds. The molecule has 4 nitrogen and oxygen atoms in total. The molecule has 0 bridgehead atoms. The number of aromatic hydroxyl groups is 1. The van der Waals surface area contributed by atoms with Crippen LogP contribution in [0.15, 0.2) is 144 Å². The van der Waals surface area contributed by atoms with Crippen molar-refractivity contribution in [1.82, 2.24) is 9.97 Å². The molecule has 196 valence electrons. The number of benzene rings is 5. The first-order valence-corrected chi connectivity index (χ1v) is 13.6. The van der Waals surface area contributed by atoms with E-state index >= 15 is 0 Å². The lowest BCUT2D eigenvalue weighted by Crippen LogP contribution is -1.95. The van der Waals surface area contributed by atoms with E-state index < -0.39 is 0 Å². The van der Waals surface area contributed by atoms with Gasteiger partial charge in [-0.3, -0.25) is 4.98 Å². The molecule has 0 spiro atoms. The van der Waals surface area contributed by atoms with Gasteiger partial charge in [0.15, 0.2) is 5.58 Å². The van der Waals surface area contributed by atoms with E-state index in [9.17, 15) is 5.11 Å². The zero-order chi connectivity index (χ0) is 27.6. The summed E-state index contributed by atoms with van der Waals surface area (Å²) < 4.78 is 6.15. The smallest absolute Gasteiger partial charge is 0.231 e. The van der Waals surface area contributed by atoms with Gasteiger partial charge in [0, 0.05) is 17.3 Å². The molecule has 0 radical (unpaired) electrons. The Kier molecular flexibility index (Phi) is 6.34. The molecule has 5 aromatic carbocycles. The molecule has 1 N–H and O–H groups in total. The molecule has 4 heteroatoms. The van der Waals surface area contributed by atoms with Crippen molar-refractivity contribution in [2.75, 3.05) is 0 Å². The average Bonchev–Trinajstić information content (AvgIpc) is 3.47. The number of phenols is 1. The number of para-hydroxylation sites is 2. The number of hydrogen-bond donors (Lipinski definition) is 1. The summed E-state index contributed by atoms with van der Waals surface area (Å²) in [7, 11) is 0. The highest BCUT2D eigenvalue weighted by Gasteiger charge is 2.18. The zero-order valence-electron chi connectivity index (χ0n) is 22.2. The first kappa shape index (κ1) is 24.6. The predicted octanol–water partition coefficient (Wildman–Crippen LogP) is 9.19. The maximum atomic E-state index is 10.4. The summed E-state index contributed by atoms with van der Waals surface area (Å²) in [5.74, 6) is 0.528. The third-order valence-electron chi connectivity index (χ3n) is 7.35. The number of fused-ring (bicyclic) bond motifs is 1. The first-order valence-electron chi connectivity index (χ1n) is 13.6. The van der Waals surface area contributed by atoms with Crippen LogP contribution in [0.3, 0.4) is 0 Å². The van der Waals surface area contributed by atoms with Gasteiger partial charge in [0.05, 0.1) is 11.3 Å². The van der Waals surface area contributed by atoms with Crippen LogP contribution < -0.4 is 0 Å². The highest BCUT2D eigenvalue weighted by molar-refractivity contribution is 5.94. The van der Waals surface area contributed by atoms with E-state index in [1.807, 2.05) is 60.8 Å². The maximum Gasteiger partial charge on any atom is 0.231 e. The number of oxazole rings is 1. The molecule has 0 aliphatic rings. The number of hydrogen-bond acceptors (Lipinski definition) is 4. The first-order chi connectivity index (χ1) is 20.2. The molecule has 2 aromatic heterocycles. The largest absolute Gasteiger partial charge is 0.507 e. The molecule has 41 heavy (non-hydrogen) atoms. The Hall–Kier alpha value is -5.48. The molecule has 0 saturated carbocycles. The SMILES string of the molecule is Oc1ccccc1-c1nc2c(-c3cc(-c4cc(-c5ccccc5)ccn4)ccc3Cc3ccccc3)cccc2o1. The van der Waals surface area contributed by atoms with Crippen molar-refractivity contribution in [3.8, 4) is 50.7 Å². The van der Waals surface area contributed by atoms with Crippen LogP contribution in [0.2, 0.25) is 0 Å². The minimum atomic E-state index is 0.136. The third-order valence-corrected chi connectivity index (χ3v) is 7.35. The van der Waals surface area contributed by atoms with Gasteiger partial charge < -0.3 is 9.52 Å². The molecule has 0 saturated heterocycles. The molecule has 0 unspecified atom stereocenters. The molecular formula is C37H26N2O2. The maximum absolute atomic E-state index is 10.4. The van der Waals surface area contributed by atoms with Crippen LogP contribution in [0.25, 0.3) is 56.1 Å². The minimum Gasteiger partial charge on any atom is -0.507 e. The zero-order valence-corrected chi connectivity index (χ0v) is 22.2. The van der Waals surface area contributed by atoms with Crippen LogP contribution in [0.5, 0.6) is 5.75 Å². The third kappa shape index (κ3) is 4.88. The summed E-state index contributed by atoms with van der Waals surface area (Å²) in [6.45, 7) is 0. The van der Waals surface area contributed by atoms with Gasteiger partial charge in [-0.1, -0.05) is 97.1 Å². The summed E-state index contributed by atoms with van der Waals surface area (Å²) >= 11 is 0. The quantitative estimate of drug-likeness (QED) is 0.233. The second kappa shape index (κ2) is 10.6. The fourth-order valence-electron chi connectivity index (χ4n) is 5.29. The van der Waals surface area contributed by atoms with Crippen molar-refractivity contribution in [3.05, 3.63) is 151 Å². The monoisotopic (exact) mass is 530 g/mol. The minimum absolute atomic E-state index is 0.136. The second-order valence-electron chi connectivity index (χ2n) is 10.0. The van der Waals surface area contributed by atoms with E-state index in [2.05, 4.69) is 66.7 Å². The molecule has 7 rings (SSSR count). The van der Waals surface area contributed by atoms with E-state index in [1.54, 1.807) is 12.1 Å². The Bertz CT molecular complexity index is 1980. The summed E-state index contributed by atoms with van der Waals surface area (Å²) in [5.41, 5.74) is 10.6. The topological polar surface area (TPSA) is 59.2 Å². The van der Waals surface area contributed by atoms with Crippen molar-refractivity contribution >= 4 is 11.1 Å². The van der Waals surface area contributed by atoms with Crippen LogP contribution in [0, 0.1) is 0 Å². The molecule has 2 heterocycles. The molecule has 0 aliphatic carbocycles. The van der Waals surface area contributed by atoms with Crippen LogP contribution in [-0.2, 0) is 6.42 Å². The number of phenolic OH excluding ortho intramolecular Hbond substituents is 1.